The van der Waals surface area contributed by atoms with Crippen LogP contribution in [0.15, 0.2) is 0 Å². The van der Waals surface area contributed by atoms with Crippen molar-refractivity contribution in [3.63, 3.8) is 0 Å². The van der Waals surface area contributed by atoms with Crippen molar-refractivity contribution in [3.8, 4) is 0 Å². The van der Waals surface area contributed by atoms with E-state index in [0.29, 0.717) is 0 Å². The summed E-state index contributed by atoms with van der Waals surface area (Å²) in [5, 5.41) is 10.1. The molecule has 2 heteroatoms. The minimum absolute atomic E-state index is 0. The molecule has 0 aliphatic heterocycles. The molecule has 0 rings (SSSR count). The van der Waals surface area contributed by atoms with Gasteiger partial charge in [-0.25, -0.2) is 0 Å². The summed E-state index contributed by atoms with van der Waals surface area (Å²) in [6.07, 6.45) is 0. The average molecular weight is 128 g/mol. The average Bonchev–Trinajstić information content (AvgIpc) is 0.722. The van der Waals surface area contributed by atoms with Crippen molar-refractivity contribution < 1.29 is 56.5 Å². The first-order valence-corrected chi connectivity index (χ1v) is 1.70. The van der Waals surface area contributed by atoms with Crippen molar-refractivity contribution in [3.05, 3.63) is 0 Å². The van der Waals surface area contributed by atoms with Crippen LogP contribution in [-0.2, 0) is 0 Å². The first kappa shape index (κ1) is 15.8. The largest absolute Gasteiger partial charge is 1.00 e. The van der Waals surface area contributed by atoms with Crippen molar-refractivity contribution in [2.45, 2.75) is 33.8 Å². The summed E-state index contributed by atoms with van der Waals surface area (Å²) in [5.41, 5.74) is -0.750. The first-order chi connectivity index (χ1) is 2.00. The molecule has 0 aromatic heterocycles. The molecule has 0 N–H and O–H groups in total. The van der Waals surface area contributed by atoms with Gasteiger partial charge in [0.25, 0.3) is 0 Å². The molecule has 0 saturated heterocycles. The molecule has 0 aromatic carbocycles. The van der Waals surface area contributed by atoms with Crippen molar-refractivity contribution in [2.24, 2.45) is 0 Å². The third-order valence-corrected chi connectivity index (χ3v) is 0. The molecule has 0 aromatic rings. The topological polar surface area (TPSA) is 23.1 Å². The quantitative estimate of drug-likeness (QED) is 0.339. The van der Waals surface area contributed by atoms with Crippen LogP contribution >= 0.6 is 0 Å². The maximum atomic E-state index is 10.1. The van der Waals surface area contributed by atoms with E-state index in [1.54, 1.807) is 20.8 Å². The second-order valence-corrected chi connectivity index (χ2v) is 2.11. The molecule has 7 heavy (non-hydrogen) atoms. The minimum atomic E-state index is -0.750. The predicted octanol–water partition coefficient (Wildman–Crippen LogP) is -2.21. The molecule has 0 aliphatic carbocycles. The van der Waals surface area contributed by atoms with Gasteiger partial charge in [-0.15, -0.1) is 5.60 Å². The van der Waals surface area contributed by atoms with E-state index in [1.165, 1.54) is 0 Å². The Balaban J connectivity index is -0.0000000800. The van der Waals surface area contributed by atoms with Gasteiger partial charge in [0.05, 0.1) is 0 Å². The van der Waals surface area contributed by atoms with Crippen LogP contribution in [0.4, 0.5) is 0 Å². The fraction of sp³-hybridized carbons (Fsp3) is 1.00. The Morgan fingerprint density at radius 3 is 1.14 bits per heavy atom. The molecule has 40 valence electrons. The maximum absolute atomic E-state index is 10.1. The number of hydrogen-bond donors (Lipinski definition) is 0. The standard InChI is InChI=1S/C4H9O.CH4.K/c1-4(2,3)5;;/h1-3H3;1H4;/q-1;;+1. The summed E-state index contributed by atoms with van der Waals surface area (Å²) >= 11 is 0. The van der Waals surface area contributed by atoms with Gasteiger partial charge in [0.15, 0.2) is 0 Å². The number of hydrogen-bond acceptors (Lipinski definition) is 1. The van der Waals surface area contributed by atoms with E-state index in [-0.39, 0.29) is 58.8 Å². The Kier molecular flexibility index (Phi) is 13.0. The zero-order valence-electron chi connectivity index (χ0n) is 4.91. The first-order valence-electron chi connectivity index (χ1n) is 1.70. The van der Waals surface area contributed by atoms with Crippen molar-refractivity contribution in [2.75, 3.05) is 0 Å². The molecule has 0 amide bonds. The van der Waals surface area contributed by atoms with Gasteiger partial charge < -0.3 is 5.11 Å². The van der Waals surface area contributed by atoms with Gasteiger partial charge >= 0.3 is 51.4 Å². The number of rotatable bonds is 0. The summed E-state index contributed by atoms with van der Waals surface area (Å²) in [5.74, 6) is 0. The summed E-state index contributed by atoms with van der Waals surface area (Å²) in [6.45, 7) is 4.90. The Morgan fingerprint density at radius 1 is 1.14 bits per heavy atom. The minimum Gasteiger partial charge on any atom is -0.850 e. The van der Waals surface area contributed by atoms with Crippen LogP contribution in [0.2, 0.25) is 0 Å². The van der Waals surface area contributed by atoms with Crippen LogP contribution in [0.5, 0.6) is 0 Å². The van der Waals surface area contributed by atoms with Gasteiger partial charge in [0, 0.05) is 0 Å². The molecule has 0 bridgehead atoms. The van der Waals surface area contributed by atoms with E-state index in [1.807, 2.05) is 0 Å². The SMILES string of the molecule is C.CC(C)(C)[O-].[K+]. The Bertz CT molecular complexity index is 23.6. The van der Waals surface area contributed by atoms with Crippen LogP contribution in [0.3, 0.4) is 0 Å². The maximum Gasteiger partial charge on any atom is 1.00 e. The van der Waals surface area contributed by atoms with E-state index in [4.69, 9.17) is 0 Å². The summed E-state index contributed by atoms with van der Waals surface area (Å²) in [6, 6.07) is 0. The molecule has 0 saturated carbocycles. The van der Waals surface area contributed by atoms with E-state index < -0.39 is 5.60 Å². The van der Waals surface area contributed by atoms with Gasteiger partial charge in [-0.05, 0) is 0 Å². The Hall–Kier alpha value is 1.60. The molecule has 0 heterocycles. The molecule has 0 aliphatic rings. The molecular weight excluding hydrogens is 115 g/mol. The molecule has 0 spiro atoms. The smallest absolute Gasteiger partial charge is 0.850 e. The van der Waals surface area contributed by atoms with Crippen LogP contribution in [0.25, 0.3) is 0 Å². The summed E-state index contributed by atoms with van der Waals surface area (Å²) < 4.78 is 0. The molecule has 0 fully saturated rings. The zero-order valence-corrected chi connectivity index (χ0v) is 8.03. The van der Waals surface area contributed by atoms with Crippen LogP contribution in [-0.4, -0.2) is 5.60 Å². The second-order valence-electron chi connectivity index (χ2n) is 2.11. The van der Waals surface area contributed by atoms with E-state index in [2.05, 4.69) is 0 Å². The van der Waals surface area contributed by atoms with Gasteiger partial charge in [0.1, 0.15) is 0 Å². The zero-order chi connectivity index (χ0) is 4.50. The van der Waals surface area contributed by atoms with Crippen molar-refractivity contribution in [1.82, 2.24) is 0 Å². The van der Waals surface area contributed by atoms with E-state index in [0.717, 1.165) is 0 Å². The van der Waals surface area contributed by atoms with Gasteiger partial charge in [-0.2, -0.15) is 0 Å². The third kappa shape index (κ3) is 93.4. The summed E-state index contributed by atoms with van der Waals surface area (Å²) in [7, 11) is 0. The van der Waals surface area contributed by atoms with Crippen molar-refractivity contribution in [1.29, 1.82) is 0 Å². The van der Waals surface area contributed by atoms with E-state index in [9.17, 15) is 5.11 Å². The molecule has 0 unspecified atom stereocenters. The van der Waals surface area contributed by atoms with Crippen LogP contribution < -0.4 is 56.5 Å². The normalized spacial score (nSPS) is 8.57. The fourth-order valence-corrected chi connectivity index (χ4v) is 0. The van der Waals surface area contributed by atoms with Gasteiger partial charge in [-0.1, -0.05) is 28.2 Å². The molecular formula is C5H13KO. The second kappa shape index (κ2) is 5.73. The monoisotopic (exact) mass is 128 g/mol. The van der Waals surface area contributed by atoms with Crippen molar-refractivity contribution >= 4 is 0 Å². The predicted molar refractivity (Wildman–Crippen MR) is 26.5 cm³/mol. The van der Waals surface area contributed by atoms with Crippen LogP contribution in [0.1, 0.15) is 28.2 Å². The van der Waals surface area contributed by atoms with Gasteiger partial charge in [-0.3, -0.25) is 0 Å². The molecule has 0 radical (unpaired) electrons. The Morgan fingerprint density at radius 2 is 1.14 bits per heavy atom. The summed E-state index contributed by atoms with van der Waals surface area (Å²) in [4.78, 5) is 0. The third-order valence-electron chi connectivity index (χ3n) is 0. The fourth-order valence-electron chi connectivity index (χ4n) is 0. The van der Waals surface area contributed by atoms with Crippen LogP contribution in [0, 0.1) is 0 Å². The Labute approximate surface area is 88.9 Å². The van der Waals surface area contributed by atoms with E-state index >= 15 is 0 Å². The molecule has 1 nitrogen and oxygen atoms in total. The molecule has 0 atom stereocenters. The van der Waals surface area contributed by atoms with Gasteiger partial charge in [0.2, 0.25) is 0 Å².